The van der Waals surface area contributed by atoms with Gasteiger partial charge in [-0.2, -0.15) is 10.2 Å². The molecule has 210 valence electrons. The second-order valence-corrected chi connectivity index (χ2v) is 10.3. The zero-order chi connectivity index (χ0) is 27.3. The minimum Gasteiger partial charge on any atom is -0.497 e. The van der Waals surface area contributed by atoms with Gasteiger partial charge in [-0.1, -0.05) is 90.9 Å². The van der Waals surface area contributed by atoms with Gasteiger partial charge in [-0.25, -0.2) is 0 Å². The zero-order valence-corrected chi connectivity index (χ0v) is 24.6. The van der Waals surface area contributed by atoms with Crippen LogP contribution >= 0.6 is 0 Å². The van der Waals surface area contributed by atoms with Crippen molar-refractivity contribution in [3.05, 3.63) is 59.7 Å². The number of hydrogen-bond donors (Lipinski definition) is 0. The third-order valence-corrected chi connectivity index (χ3v) is 7.17. The minimum atomic E-state index is 0.866. The summed E-state index contributed by atoms with van der Waals surface area (Å²) in [5.41, 5.74) is 4.38. The van der Waals surface area contributed by atoms with Crippen LogP contribution in [0.5, 0.6) is 11.5 Å². The van der Waals surface area contributed by atoms with Crippen LogP contribution < -0.4 is 9.47 Å². The largest absolute Gasteiger partial charge is 0.497 e. The average Bonchev–Trinajstić information content (AvgIpc) is 2.96. The van der Waals surface area contributed by atoms with Crippen LogP contribution in [-0.4, -0.2) is 25.6 Å². The molecule has 0 atom stereocenters. The number of unbranched alkanes of at least 4 members (excludes halogenated alkanes) is 12. The molecule has 0 saturated carbocycles. The normalized spacial score (nSPS) is 12.1. The van der Waals surface area contributed by atoms with Gasteiger partial charge in [0.1, 0.15) is 11.5 Å². The van der Waals surface area contributed by atoms with E-state index in [-0.39, 0.29) is 0 Å². The molecule has 0 aromatic heterocycles. The number of benzene rings is 2. The molecule has 0 saturated heterocycles. The van der Waals surface area contributed by atoms with E-state index in [9.17, 15) is 0 Å². The smallest absolute Gasteiger partial charge is 0.118 e. The van der Waals surface area contributed by atoms with Crippen molar-refractivity contribution in [2.45, 2.75) is 117 Å². The van der Waals surface area contributed by atoms with Crippen LogP contribution in [0.4, 0.5) is 0 Å². The van der Waals surface area contributed by atoms with E-state index in [1.165, 1.54) is 77.0 Å². The fourth-order valence-electron chi connectivity index (χ4n) is 4.69. The zero-order valence-electron chi connectivity index (χ0n) is 24.6. The SMILES string of the molecule is CCCCCCCCC/C(=N\N=C(/CCCCCCCCC)c1ccc(OC)cc1)c1ccc(OC)cc1. The van der Waals surface area contributed by atoms with Crippen LogP contribution in [0.15, 0.2) is 58.7 Å². The van der Waals surface area contributed by atoms with Gasteiger partial charge in [-0.15, -0.1) is 0 Å². The predicted molar refractivity (Wildman–Crippen MR) is 164 cm³/mol. The molecule has 0 aliphatic heterocycles. The quantitative estimate of drug-likeness (QED) is 0.0933. The monoisotopic (exact) mass is 520 g/mol. The van der Waals surface area contributed by atoms with E-state index >= 15 is 0 Å². The van der Waals surface area contributed by atoms with Gasteiger partial charge in [0, 0.05) is 0 Å². The second kappa shape index (κ2) is 20.4. The summed E-state index contributed by atoms with van der Waals surface area (Å²) in [4.78, 5) is 0. The predicted octanol–water partition coefficient (Wildman–Crippen LogP) is 10.2. The number of methoxy groups -OCH3 is 2. The molecular formula is C34H52N2O2. The lowest BCUT2D eigenvalue weighted by molar-refractivity contribution is 0.414. The van der Waals surface area contributed by atoms with Gasteiger partial charge >= 0.3 is 0 Å². The highest BCUT2D eigenvalue weighted by atomic mass is 16.5. The molecule has 0 bridgehead atoms. The molecule has 2 rings (SSSR count). The Labute approximate surface area is 233 Å². The molecule has 0 N–H and O–H groups in total. The molecule has 38 heavy (non-hydrogen) atoms. The maximum Gasteiger partial charge on any atom is 0.118 e. The van der Waals surface area contributed by atoms with Crippen LogP contribution in [0.25, 0.3) is 0 Å². The van der Waals surface area contributed by atoms with Crippen molar-refractivity contribution in [1.82, 2.24) is 0 Å². The van der Waals surface area contributed by atoms with Gasteiger partial charge in [0.15, 0.2) is 0 Å². The van der Waals surface area contributed by atoms with Crippen LogP contribution in [0.1, 0.15) is 128 Å². The van der Waals surface area contributed by atoms with Crippen LogP contribution in [-0.2, 0) is 0 Å². The van der Waals surface area contributed by atoms with Gasteiger partial charge in [-0.3, -0.25) is 0 Å². The molecule has 0 radical (unpaired) electrons. The van der Waals surface area contributed by atoms with E-state index < -0.39 is 0 Å². The molecule has 4 nitrogen and oxygen atoms in total. The van der Waals surface area contributed by atoms with E-state index in [0.29, 0.717) is 0 Å². The number of ether oxygens (including phenoxy) is 2. The highest BCUT2D eigenvalue weighted by Crippen LogP contribution is 2.19. The first-order chi connectivity index (χ1) is 18.7. The molecule has 0 amide bonds. The number of rotatable bonds is 21. The Balaban J connectivity index is 2.16. The molecule has 0 fully saturated rings. The highest BCUT2D eigenvalue weighted by Gasteiger charge is 2.08. The van der Waals surface area contributed by atoms with Crippen molar-refractivity contribution < 1.29 is 9.47 Å². The maximum atomic E-state index is 5.38. The first kappa shape index (κ1) is 31.6. The summed E-state index contributed by atoms with van der Waals surface area (Å²) in [6, 6.07) is 16.5. The summed E-state index contributed by atoms with van der Waals surface area (Å²) in [6.45, 7) is 4.54. The molecule has 0 spiro atoms. The summed E-state index contributed by atoms with van der Waals surface area (Å²) in [6.07, 6.45) is 19.9. The fourth-order valence-corrected chi connectivity index (χ4v) is 4.69. The molecule has 0 aliphatic carbocycles. The third kappa shape index (κ3) is 12.8. The van der Waals surface area contributed by atoms with Crippen LogP contribution in [0.3, 0.4) is 0 Å². The molecule has 0 heterocycles. The van der Waals surface area contributed by atoms with Crippen molar-refractivity contribution in [2.75, 3.05) is 14.2 Å². The standard InChI is InChI=1S/C34H52N2O2/c1-5-7-9-11-13-15-17-19-33(29-21-25-31(37-3)26-22-29)35-36-34(20-18-16-14-12-10-8-6-2)30-23-27-32(38-4)28-24-30/h21-28H,5-20H2,1-4H3/b35-33+,36-34+. The van der Waals surface area contributed by atoms with E-state index in [4.69, 9.17) is 19.7 Å². The van der Waals surface area contributed by atoms with E-state index in [2.05, 4.69) is 38.1 Å². The summed E-state index contributed by atoms with van der Waals surface area (Å²) < 4.78 is 10.8. The van der Waals surface area contributed by atoms with Gasteiger partial charge < -0.3 is 9.47 Å². The molecule has 2 aromatic carbocycles. The molecule has 0 unspecified atom stereocenters. The first-order valence-corrected chi connectivity index (χ1v) is 15.1. The summed E-state index contributed by atoms with van der Waals surface area (Å²) in [5, 5.41) is 9.78. The van der Waals surface area contributed by atoms with Gasteiger partial charge in [0.2, 0.25) is 0 Å². The van der Waals surface area contributed by atoms with Crippen LogP contribution in [0, 0.1) is 0 Å². The Kier molecular flexibility index (Phi) is 16.9. The Morgan fingerprint density at radius 2 is 0.789 bits per heavy atom. The van der Waals surface area contributed by atoms with Crippen molar-refractivity contribution in [3.63, 3.8) is 0 Å². The molecule has 2 aromatic rings. The first-order valence-electron chi connectivity index (χ1n) is 15.1. The number of hydrogen-bond acceptors (Lipinski definition) is 4. The van der Waals surface area contributed by atoms with Crippen molar-refractivity contribution in [3.8, 4) is 11.5 Å². The van der Waals surface area contributed by atoms with Crippen molar-refractivity contribution in [1.29, 1.82) is 0 Å². The molecule has 0 aliphatic rings. The van der Waals surface area contributed by atoms with E-state index in [1.807, 2.05) is 24.3 Å². The van der Waals surface area contributed by atoms with E-state index in [0.717, 1.165) is 59.7 Å². The maximum absolute atomic E-state index is 5.38. The summed E-state index contributed by atoms with van der Waals surface area (Å²) in [5.74, 6) is 1.73. The Bertz CT molecular complexity index is 839. The average molecular weight is 521 g/mol. The van der Waals surface area contributed by atoms with Crippen molar-refractivity contribution in [2.24, 2.45) is 10.2 Å². The number of nitrogens with zero attached hydrogens (tertiary/aromatic N) is 2. The third-order valence-electron chi connectivity index (χ3n) is 7.17. The Morgan fingerprint density at radius 1 is 0.474 bits per heavy atom. The van der Waals surface area contributed by atoms with Gasteiger partial charge in [0.25, 0.3) is 0 Å². The van der Waals surface area contributed by atoms with E-state index in [1.54, 1.807) is 14.2 Å². The lowest BCUT2D eigenvalue weighted by Gasteiger charge is -2.10. The lowest BCUT2D eigenvalue weighted by Crippen LogP contribution is -2.04. The molecular weight excluding hydrogens is 468 g/mol. The Morgan fingerprint density at radius 3 is 1.11 bits per heavy atom. The topological polar surface area (TPSA) is 43.2 Å². The molecule has 4 heteroatoms. The minimum absolute atomic E-state index is 0.866. The van der Waals surface area contributed by atoms with Gasteiger partial charge in [0.05, 0.1) is 25.6 Å². The Hall–Kier alpha value is -2.62. The fraction of sp³-hybridized carbons (Fsp3) is 0.588. The van der Waals surface area contributed by atoms with Crippen molar-refractivity contribution >= 4 is 11.4 Å². The second-order valence-electron chi connectivity index (χ2n) is 10.3. The summed E-state index contributed by atoms with van der Waals surface area (Å²) in [7, 11) is 3.41. The lowest BCUT2D eigenvalue weighted by atomic mass is 10.0. The van der Waals surface area contributed by atoms with Crippen LogP contribution in [0.2, 0.25) is 0 Å². The van der Waals surface area contributed by atoms with Gasteiger partial charge in [-0.05, 0) is 85.3 Å². The summed E-state index contributed by atoms with van der Waals surface area (Å²) >= 11 is 0. The highest BCUT2D eigenvalue weighted by molar-refractivity contribution is 6.03.